The van der Waals surface area contributed by atoms with E-state index in [1.165, 1.54) is 0 Å². The lowest BCUT2D eigenvalue weighted by Crippen LogP contribution is -2.50. The fraction of sp³-hybridized carbons (Fsp3) is 0.500. The van der Waals surface area contributed by atoms with Crippen molar-refractivity contribution in [2.45, 2.75) is 6.04 Å². The van der Waals surface area contributed by atoms with Crippen molar-refractivity contribution >= 4 is 0 Å². The van der Waals surface area contributed by atoms with Crippen molar-refractivity contribution in [2.75, 3.05) is 26.2 Å². The molecule has 0 aromatic carbocycles. The highest BCUT2D eigenvalue weighted by Gasteiger charge is 2.11. The molecule has 0 saturated carbocycles. The van der Waals surface area contributed by atoms with Crippen molar-refractivity contribution in [3.05, 3.63) is 24.5 Å². The Kier molecular flexibility index (Phi) is 3.32. The Labute approximate surface area is 83.7 Å². The van der Waals surface area contributed by atoms with Crippen LogP contribution in [0.25, 0.3) is 0 Å². The zero-order valence-corrected chi connectivity index (χ0v) is 8.07. The summed E-state index contributed by atoms with van der Waals surface area (Å²) in [5.41, 5.74) is 0. The van der Waals surface area contributed by atoms with E-state index in [0.717, 1.165) is 25.4 Å². The molecule has 2 rings (SSSR count). The summed E-state index contributed by atoms with van der Waals surface area (Å²) in [6, 6.07) is 4.20. The average molecular weight is 193 g/mol. The molecule has 0 spiro atoms. The van der Waals surface area contributed by atoms with Gasteiger partial charge in [0.05, 0.1) is 12.2 Å². The van der Waals surface area contributed by atoms with Crippen LogP contribution in [0.5, 0.6) is 5.75 Å². The van der Waals surface area contributed by atoms with Crippen LogP contribution in [0.4, 0.5) is 0 Å². The van der Waals surface area contributed by atoms with Crippen LogP contribution in [0, 0.1) is 0 Å². The summed E-state index contributed by atoms with van der Waals surface area (Å²) in [7, 11) is 0. The molecule has 2 N–H and O–H groups in total. The summed E-state index contributed by atoms with van der Waals surface area (Å²) in [6.07, 6.45) is 3.48. The van der Waals surface area contributed by atoms with Gasteiger partial charge in [0.15, 0.2) is 0 Å². The lowest BCUT2D eigenvalue weighted by molar-refractivity contribution is 0.246. The third-order valence-electron chi connectivity index (χ3n) is 2.21. The van der Waals surface area contributed by atoms with Crippen LogP contribution < -0.4 is 15.4 Å². The van der Waals surface area contributed by atoms with E-state index in [1.54, 1.807) is 12.4 Å². The highest BCUT2D eigenvalue weighted by molar-refractivity contribution is 5.15. The van der Waals surface area contributed by atoms with Crippen molar-refractivity contribution in [1.29, 1.82) is 0 Å². The number of nitrogens with zero attached hydrogens (tertiary/aromatic N) is 1. The summed E-state index contributed by atoms with van der Waals surface area (Å²) in [5, 5.41) is 6.69. The van der Waals surface area contributed by atoms with Gasteiger partial charge in [0, 0.05) is 25.8 Å². The maximum atomic E-state index is 5.58. The van der Waals surface area contributed by atoms with E-state index in [-0.39, 0.29) is 0 Å². The normalized spacial score (nSPS) is 21.9. The average Bonchev–Trinajstić information content (AvgIpc) is 2.29. The lowest BCUT2D eigenvalue weighted by atomic mass is 10.2. The predicted molar refractivity (Wildman–Crippen MR) is 54.4 cm³/mol. The maximum Gasteiger partial charge on any atom is 0.137 e. The first-order valence-corrected chi connectivity index (χ1v) is 4.92. The molecule has 0 amide bonds. The number of hydrogen-bond acceptors (Lipinski definition) is 4. The minimum absolute atomic E-state index is 0.406. The summed E-state index contributed by atoms with van der Waals surface area (Å²) < 4.78 is 5.58. The van der Waals surface area contributed by atoms with Gasteiger partial charge in [-0.15, -0.1) is 0 Å². The fourth-order valence-electron chi connectivity index (χ4n) is 1.46. The Morgan fingerprint density at radius 1 is 1.50 bits per heavy atom. The van der Waals surface area contributed by atoms with Crippen molar-refractivity contribution in [3.63, 3.8) is 0 Å². The first-order chi connectivity index (χ1) is 6.95. The molecule has 2 heterocycles. The van der Waals surface area contributed by atoms with Gasteiger partial charge in [0.25, 0.3) is 0 Å². The van der Waals surface area contributed by atoms with Crippen LogP contribution in [-0.4, -0.2) is 37.3 Å². The van der Waals surface area contributed by atoms with E-state index in [4.69, 9.17) is 4.74 Å². The highest BCUT2D eigenvalue weighted by atomic mass is 16.5. The molecule has 76 valence electrons. The van der Waals surface area contributed by atoms with Crippen LogP contribution in [0.2, 0.25) is 0 Å². The Hall–Kier alpha value is -1.13. The monoisotopic (exact) mass is 193 g/mol. The van der Waals surface area contributed by atoms with E-state index >= 15 is 0 Å². The van der Waals surface area contributed by atoms with Crippen molar-refractivity contribution in [3.8, 4) is 5.75 Å². The number of pyridine rings is 1. The predicted octanol–water partition coefficient (Wildman–Crippen LogP) is 0.0218. The molecule has 14 heavy (non-hydrogen) atoms. The summed E-state index contributed by atoms with van der Waals surface area (Å²) in [6.45, 7) is 3.73. The van der Waals surface area contributed by atoms with Gasteiger partial charge < -0.3 is 15.4 Å². The van der Waals surface area contributed by atoms with E-state index in [1.807, 2.05) is 12.1 Å². The van der Waals surface area contributed by atoms with Crippen LogP contribution in [0.3, 0.4) is 0 Å². The Morgan fingerprint density at radius 3 is 3.21 bits per heavy atom. The minimum atomic E-state index is 0.406. The van der Waals surface area contributed by atoms with Gasteiger partial charge in [0.1, 0.15) is 12.4 Å². The van der Waals surface area contributed by atoms with E-state index in [9.17, 15) is 0 Å². The number of rotatable bonds is 3. The molecule has 1 unspecified atom stereocenters. The standard InChI is InChI=1S/C10H15N3O/c1-2-10(7-11-3-1)14-8-9-6-12-4-5-13-9/h1-3,7,9,12-13H,4-6,8H2. The van der Waals surface area contributed by atoms with Gasteiger partial charge in [-0.05, 0) is 12.1 Å². The molecule has 4 nitrogen and oxygen atoms in total. The molecular weight excluding hydrogens is 178 g/mol. The lowest BCUT2D eigenvalue weighted by Gasteiger charge is -2.24. The van der Waals surface area contributed by atoms with Crippen LogP contribution in [0.1, 0.15) is 0 Å². The molecule has 1 fully saturated rings. The van der Waals surface area contributed by atoms with Gasteiger partial charge in [-0.3, -0.25) is 4.98 Å². The van der Waals surface area contributed by atoms with Crippen LogP contribution in [-0.2, 0) is 0 Å². The van der Waals surface area contributed by atoms with Crippen molar-refractivity contribution < 1.29 is 4.74 Å². The second kappa shape index (κ2) is 4.93. The smallest absolute Gasteiger partial charge is 0.137 e. The van der Waals surface area contributed by atoms with Crippen LogP contribution in [0.15, 0.2) is 24.5 Å². The second-order valence-corrected chi connectivity index (χ2v) is 3.35. The zero-order chi connectivity index (χ0) is 9.64. The second-order valence-electron chi connectivity index (χ2n) is 3.35. The maximum absolute atomic E-state index is 5.58. The third kappa shape index (κ3) is 2.68. The first-order valence-electron chi connectivity index (χ1n) is 4.92. The summed E-state index contributed by atoms with van der Waals surface area (Å²) in [4.78, 5) is 3.99. The van der Waals surface area contributed by atoms with Gasteiger partial charge in [-0.1, -0.05) is 0 Å². The van der Waals surface area contributed by atoms with E-state index < -0.39 is 0 Å². The highest BCUT2D eigenvalue weighted by Crippen LogP contribution is 2.06. The molecule has 1 aliphatic heterocycles. The molecule has 1 aromatic rings. The largest absolute Gasteiger partial charge is 0.490 e. The molecule has 1 atom stereocenters. The molecular formula is C10H15N3O. The van der Waals surface area contributed by atoms with Crippen LogP contribution >= 0.6 is 0 Å². The quantitative estimate of drug-likeness (QED) is 0.710. The molecule has 1 aliphatic rings. The Balaban J connectivity index is 1.76. The molecule has 1 aromatic heterocycles. The fourth-order valence-corrected chi connectivity index (χ4v) is 1.46. The van der Waals surface area contributed by atoms with Gasteiger partial charge in [-0.2, -0.15) is 0 Å². The number of nitrogens with one attached hydrogen (secondary N) is 2. The van der Waals surface area contributed by atoms with Gasteiger partial charge >= 0.3 is 0 Å². The molecule has 1 saturated heterocycles. The molecule has 0 bridgehead atoms. The minimum Gasteiger partial charge on any atom is -0.490 e. The molecule has 0 radical (unpaired) electrons. The first kappa shape index (κ1) is 9.43. The number of aromatic nitrogens is 1. The van der Waals surface area contributed by atoms with E-state index in [0.29, 0.717) is 12.6 Å². The van der Waals surface area contributed by atoms with Gasteiger partial charge in [0.2, 0.25) is 0 Å². The van der Waals surface area contributed by atoms with Crippen molar-refractivity contribution in [1.82, 2.24) is 15.6 Å². The van der Waals surface area contributed by atoms with E-state index in [2.05, 4.69) is 15.6 Å². The Morgan fingerprint density at radius 2 is 2.50 bits per heavy atom. The SMILES string of the molecule is c1cncc(OCC2CNCCN2)c1. The number of hydrogen-bond donors (Lipinski definition) is 2. The molecule has 4 heteroatoms. The topological polar surface area (TPSA) is 46.2 Å². The number of piperazine rings is 1. The summed E-state index contributed by atoms with van der Waals surface area (Å²) in [5.74, 6) is 0.833. The molecule has 0 aliphatic carbocycles. The zero-order valence-electron chi connectivity index (χ0n) is 8.07. The number of ether oxygens (including phenoxy) is 1. The Bertz CT molecular complexity index is 259. The third-order valence-corrected chi connectivity index (χ3v) is 2.21. The summed E-state index contributed by atoms with van der Waals surface area (Å²) >= 11 is 0. The van der Waals surface area contributed by atoms with Gasteiger partial charge in [-0.25, -0.2) is 0 Å². The van der Waals surface area contributed by atoms with Crippen molar-refractivity contribution in [2.24, 2.45) is 0 Å².